The molecule has 0 atom stereocenters. The van der Waals surface area contributed by atoms with Crippen molar-refractivity contribution in [2.45, 2.75) is 40.0 Å². The lowest BCUT2D eigenvalue weighted by Crippen LogP contribution is -2.59. The summed E-state index contributed by atoms with van der Waals surface area (Å²) < 4.78 is 9.78. The third-order valence-electron chi connectivity index (χ3n) is 13.3. The zero-order chi connectivity index (χ0) is 40.2. The standard InChI is InChI=1S/C55H44BN3O/c1-34-13-21-40(22-14-34)58(41-25-18-38(19-26-41)37-9-6-5-7-10-37)43-30-51-54-53(31-43)60-52-32-46-45-27-20-39-11-8-12-44(39)55(45)57(4)50(46)33-48(52)56(54)47-29-36(3)17-28-49(47)59(51)42-23-15-35(2)16-24-42/h5-7,9-10,13-33H,8,11-12H2,1-4H3. The molecule has 0 amide bonds. The van der Waals surface area contributed by atoms with E-state index >= 15 is 0 Å². The Kier molecular flexibility index (Phi) is 7.74. The zero-order valence-electron chi connectivity index (χ0n) is 34.5. The average Bonchev–Trinajstić information content (AvgIpc) is 3.86. The summed E-state index contributed by atoms with van der Waals surface area (Å²) in [4.78, 5) is 4.84. The lowest BCUT2D eigenvalue weighted by molar-refractivity contribution is 0.488. The number of fused-ring (bicyclic) bond motifs is 9. The van der Waals surface area contributed by atoms with Crippen LogP contribution in [0.2, 0.25) is 0 Å². The molecule has 8 aromatic carbocycles. The van der Waals surface area contributed by atoms with Crippen LogP contribution < -0.4 is 30.9 Å². The second kappa shape index (κ2) is 13.3. The first kappa shape index (κ1) is 35.0. The number of hydrogen-bond acceptors (Lipinski definition) is 3. The first-order chi connectivity index (χ1) is 29.4. The molecule has 0 saturated heterocycles. The van der Waals surface area contributed by atoms with Crippen LogP contribution in [0.3, 0.4) is 0 Å². The largest absolute Gasteiger partial charge is 0.458 e. The minimum atomic E-state index is -0.0180. The maximum atomic E-state index is 7.33. The van der Waals surface area contributed by atoms with Gasteiger partial charge in [-0.05, 0) is 139 Å². The first-order valence-electron chi connectivity index (χ1n) is 21.3. The van der Waals surface area contributed by atoms with Crippen molar-refractivity contribution < 1.29 is 4.74 Å². The van der Waals surface area contributed by atoms with Gasteiger partial charge in [0, 0.05) is 57.8 Å². The van der Waals surface area contributed by atoms with E-state index in [0.29, 0.717) is 0 Å². The van der Waals surface area contributed by atoms with Gasteiger partial charge in [0.2, 0.25) is 0 Å². The van der Waals surface area contributed by atoms with Crippen molar-refractivity contribution in [2.75, 3.05) is 9.80 Å². The number of rotatable bonds is 5. The summed E-state index contributed by atoms with van der Waals surface area (Å²) in [5.74, 6) is 1.82. The minimum Gasteiger partial charge on any atom is -0.458 e. The highest BCUT2D eigenvalue weighted by Gasteiger charge is 2.43. The molecule has 0 saturated carbocycles. The van der Waals surface area contributed by atoms with E-state index in [1.807, 2.05) is 0 Å². The Hall–Kier alpha value is -6.98. The molecule has 0 spiro atoms. The Labute approximate surface area is 352 Å². The van der Waals surface area contributed by atoms with Crippen LogP contribution in [0.5, 0.6) is 11.5 Å². The second-order valence-corrected chi connectivity index (χ2v) is 17.1. The molecule has 0 N–H and O–H groups in total. The molecule has 0 fully saturated rings. The molecular weight excluding hydrogens is 729 g/mol. The lowest BCUT2D eigenvalue weighted by atomic mass is 9.34. The summed E-state index contributed by atoms with van der Waals surface area (Å²) >= 11 is 0. The number of aromatic nitrogens is 1. The molecule has 3 aliphatic rings. The number of benzene rings is 8. The molecule has 0 unspecified atom stereocenters. The molecule has 2 aliphatic heterocycles. The van der Waals surface area contributed by atoms with Gasteiger partial charge in [-0.15, -0.1) is 0 Å². The zero-order valence-corrected chi connectivity index (χ0v) is 34.5. The van der Waals surface area contributed by atoms with E-state index in [0.717, 1.165) is 46.4 Å². The monoisotopic (exact) mass is 773 g/mol. The maximum Gasteiger partial charge on any atom is 0.256 e. The molecule has 288 valence electrons. The van der Waals surface area contributed by atoms with Crippen molar-refractivity contribution in [3.8, 4) is 22.6 Å². The van der Waals surface area contributed by atoms with Crippen molar-refractivity contribution in [3.63, 3.8) is 0 Å². The van der Waals surface area contributed by atoms with Crippen molar-refractivity contribution in [1.29, 1.82) is 0 Å². The highest BCUT2D eigenvalue weighted by atomic mass is 16.5. The Morgan fingerprint density at radius 3 is 2.02 bits per heavy atom. The van der Waals surface area contributed by atoms with Crippen LogP contribution in [0.15, 0.2) is 158 Å². The van der Waals surface area contributed by atoms with Gasteiger partial charge in [0.25, 0.3) is 6.71 Å². The van der Waals surface area contributed by atoms with E-state index < -0.39 is 0 Å². The van der Waals surface area contributed by atoms with Crippen molar-refractivity contribution in [3.05, 3.63) is 186 Å². The minimum absolute atomic E-state index is 0.0180. The molecule has 1 aromatic heterocycles. The number of hydrogen-bond donors (Lipinski definition) is 0. The molecule has 12 rings (SSSR count). The summed E-state index contributed by atoms with van der Waals surface area (Å²) in [6.07, 6.45) is 3.53. The smallest absolute Gasteiger partial charge is 0.256 e. The quantitative estimate of drug-likeness (QED) is 0.163. The Morgan fingerprint density at radius 1 is 0.550 bits per heavy atom. The fourth-order valence-electron chi connectivity index (χ4n) is 10.4. The molecule has 9 aromatic rings. The van der Waals surface area contributed by atoms with E-state index in [1.165, 1.54) is 95.7 Å². The van der Waals surface area contributed by atoms with Gasteiger partial charge in [-0.2, -0.15) is 0 Å². The molecule has 60 heavy (non-hydrogen) atoms. The van der Waals surface area contributed by atoms with E-state index in [1.54, 1.807) is 0 Å². The molecular formula is C55H44BN3O. The maximum absolute atomic E-state index is 7.33. The van der Waals surface area contributed by atoms with Gasteiger partial charge in [0.05, 0.1) is 11.2 Å². The fourth-order valence-corrected chi connectivity index (χ4v) is 10.4. The van der Waals surface area contributed by atoms with Crippen LogP contribution >= 0.6 is 0 Å². The van der Waals surface area contributed by atoms with E-state index in [4.69, 9.17) is 4.74 Å². The normalized spacial score (nSPS) is 13.5. The van der Waals surface area contributed by atoms with Crippen LogP contribution in [0.1, 0.15) is 34.2 Å². The van der Waals surface area contributed by atoms with Gasteiger partial charge in [-0.1, -0.05) is 108 Å². The lowest BCUT2D eigenvalue weighted by Gasteiger charge is -2.41. The summed E-state index contributed by atoms with van der Waals surface area (Å²) in [6.45, 7) is 6.50. The van der Waals surface area contributed by atoms with Gasteiger partial charge in [0.1, 0.15) is 11.5 Å². The average molecular weight is 774 g/mol. The van der Waals surface area contributed by atoms with Gasteiger partial charge >= 0.3 is 0 Å². The second-order valence-electron chi connectivity index (χ2n) is 17.1. The highest BCUT2D eigenvalue weighted by Crippen LogP contribution is 2.47. The summed E-state index contributed by atoms with van der Waals surface area (Å²) in [5.41, 5.74) is 22.1. The number of ether oxygens (including phenoxy) is 1. The number of aryl methyl sites for hydroxylation is 6. The molecule has 1 aliphatic carbocycles. The predicted octanol–water partition coefficient (Wildman–Crippen LogP) is 12.3. The summed E-state index contributed by atoms with van der Waals surface area (Å²) in [7, 11) is 2.26. The Morgan fingerprint density at radius 2 is 1.25 bits per heavy atom. The predicted molar refractivity (Wildman–Crippen MR) is 253 cm³/mol. The van der Waals surface area contributed by atoms with Crippen molar-refractivity contribution in [1.82, 2.24) is 4.57 Å². The van der Waals surface area contributed by atoms with Gasteiger partial charge in [-0.3, -0.25) is 0 Å². The topological polar surface area (TPSA) is 20.6 Å². The number of anilines is 6. The number of nitrogens with zero attached hydrogens (tertiary/aromatic N) is 3. The van der Waals surface area contributed by atoms with Gasteiger partial charge in [-0.25, -0.2) is 0 Å². The summed E-state index contributed by atoms with van der Waals surface area (Å²) in [6, 6.07) is 58.6. The highest BCUT2D eigenvalue weighted by molar-refractivity contribution is 6.99. The van der Waals surface area contributed by atoms with E-state index in [2.05, 4.69) is 200 Å². The van der Waals surface area contributed by atoms with E-state index in [9.17, 15) is 0 Å². The van der Waals surface area contributed by atoms with Crippen LogP contribution in [-0.2, 0) is 19.9 Å². The molecule has 3 heterocycles. The molecule has 0 bridgehead atoms. The molecule has 4 nitrogen and oxygen atoms in total. The van der Waals surface area contributed by atoms with Crippen LogP contribution in [-0.4, -0.2) is 11.3 Å². The van der Waals surface area contributed by atoms with Gasteiger partial charge < -0.3 is 19.1 Å². The molecule has 0 radical (unpaired) electrons. The van der Waals surface area contributed by atoms with Crippen molar-refractivity contribution in [2.24, 2.45) is 7.05 Å². The van der Waals surface area contributed by atoms with E-state index in [-0.39, 0.29) is 6.71 Å². The molecule has 5 heteroatoms. The van der Waals surface area contributed by atoms with Crippen molar-refractivity contribution >= 4 is 79.0 Å². The van der Waals surface area contributed by atoms with Gasteiger partial charge in [0.15, 0.2) is 0 Å². The third-order valence-corrected chi connectivity index (χ3v) is 13.3. The third kappa shape index (κ3) is 5.31. The fraction of sp³-hybridized carbons (Fsp3) is 0.127. The first-order valence-corrected chi connectivity index (χ1v) is 21.3. The SMILES string of the molecule is Cc1ccc(N(c2ccc(-c3ccccc3)cc2)c2cc3c4c(c2)N(c2ccc(C)cc2)c2ccc(C)cc2B4c2cc4c(cc2O3)c2ccc3c(c2n4C)CCC3)cc1. The summed E-state index contributed by atoms with van der Waals surface area (Å²) in [5, 5.41) is 2.57. The Bertz CT molecular complexity index is 3180. The Balaban J connectivity index is 1.12. The van der Waals surface area contributed by atoms with Crippen LogP contribution in [0, 0.1) is 20.8 Å². The van der Waals surface area contributed by atoms with Crippen LogP contribution in [0.25, 0.3) is 32.9 Å². The van der Waals surface area contributed by atoms with Crippen LogP contribution in [0.4, 0.5) is 34.1 Å².